The Bertz CT molecular complexity index is 437. The average Bonchev–Trinajstić information content (AvgIpc) is 2.52. The number of hydrogen-bond donors (Lipinski definition) is 0. The third-order valence-electron chi connectivity index (χ3n) is 3.90. The van der Waals surface area contributed by atoms with Gasteiger partial charge in [-0.15, -0.1) is 0 Å². The summed E-state index contributed by atoms with van der Waals surface area (Å²) in [5, 5.41) is 0. The van der Waals surface area contributed by atoms with E-state index in [0.29, 0.717) is 6.42 Å². The molecule has 1 fully saturated rings. The molecule has 1 heterocycles. The summed E-state index contributed by atoms with van der Waals surface area (Å²) < 4.78 is 5.53. The van der Waals surface area contributed by atoms with Crippen molar-refractivity contribution in [1.29, 1.82) is 0 Å². The van der Waals surface area contributed by atoms with Crippen molar-refractivity contribution in [3.8, 4) is 5.75 Å². The highest BCUT2D eigenvalue weighted by Gasteiger charge is 2.15. The Morgan fingerprint density at radius 2 is 1.81 bits per heavy atom. The van der Waals surface area contributed by atoms with Gasteiger partial charge in [-0.1, -0.05) is 6.92 Å². The summed E-state index contributed by atoms with van der Waals surface area (Å²) in [6, 6.07) is 7.52. The van der Waals surface area contributed by atoms with Crippen LogP contribution in [-0.4, -0.2) is 62.0 Å². The number of carbonyl (C=O) groups is 1. The van der Waals surface area contributed by atoms with Gasteiger partial charge in [0.1, 0.15) is 5.75 Å². The van der Waals surface area contributed by atoms with Crippen molar-refractivity contribution in [2.24, 2.45) is 0 Å². The number of nitrogens with zero attached hydrogens (tertiary/aromatic N) is 2. The molecule has 0 saturated carbocycles. The molecule has 0 N–H and O–H groups in total. The van der Waals surface area contributed by atoms with Gasteiger partial charge in [-0.25, -0.2) is 0 Å². The Morgan fingerprint density at radius 1 is 1.14 bits per heavy atom. The van der Waals surface area contributed by atoms with Gasteiger partial charge in [-0.2, -0.15) is 0 Å². The summed E-state index contributed by atoms with van der Waals surface area (Å²) in [5.74, 6) is 1.06. The molecule has 0 atom stereocenters. The van der Waals surface area contributed by atoms with Crippen LogP contribution < -0.4 is 4.74 Å². The van der Waals surface area contributed by atoms with Gasteiger partial charge in [0, 0.05) is 44.7 Å². The van der Waals surface area contributed by atoms with Gasteiger partial charge in [-0.3, -0.25) is 4.79 Å². The molecule has 0 unspecified atom stereocenters. The van der Waals surface area contributed by atoms with E-state index in [0.717, 1.165) is 57.1 Å². The normalized spacial score (nSPS) is 16.9. The lowest BCUT2D eigenvalue weighted by Crippen LogP contribution is -2.45. The van der Waals surface area contributed by atoms with Crippen LogP contribution in [0.2, 0.25) is 0 Å². The zero-order chi connectivity index (χ0) is 15.1. The van der Waals surface area contributed by atoms with Gasteiger partial charge in [0.25, 0.3) is 0 Å². The molecule has 1 aliphatic heterocycles. The summed E-state index contributed by atoms with van der Waals surface area (Å²) in [4.78, 5) is 16.9. The van der Waals surface area contributed by atoms with Crippen LogP contribution in [0.3, 0.4) is 0 Å². The first-order chi connectivity index (χ1) is 10.2. The molecule has 21 heavy (non-hydrogen) atoms. The predicted octanol–water partition coefficient (Wildman–Crippen LogP) is 2.30. The molecule has 2 rings (SSSR count). The fourth-order valence-electron chi connectivity index (χ4n) is 2.43. The second-order valence-corrected chi connectivity index (χ2v) is 5.69. The maximum Gasteiger partial charge on any atom is 0.164 e. The molecule has 0 aromatic heterocycles. The summed E-state index contributed by atoms with van der Waals surface area (Å²) in [5.41, 5.74) is 0.785. The van der Waals surface area contributed by atoms with Crippen molar-refractivity contribution in [3.63, 3.8) is 0 Å². The molecule has 0 bridgehead atoms. The molecule has 1 aliphatic rings. The maximum absolute atomic E-state index is 12.2. The van der Waals surface area contributed by atoms with Crippen molar-refractivity contribution in [1.82, 2.24) is 9.80 Å². The molecule has 4 heteroatoms. The Hall–Kier alpha value is -1.39. The number of ether oxygens (including phenoxy) is 1. The van der Waals surface area contributed by atoms with Crippen molar-refractivity contribution in [2.45, 2.75) is 19.8 Å². The molecule has 116 valence electrons. The van der Waals surface area contributed by atoms with Crippen LogP contribution in [0.25, 0.3) is 0 Å². The number of ketones is 1. The Balaban J connectivity index is 1.77. The fourth-order valence-corrected chi connectivity index (χ4v) is 2.43. The third-order valence-corrected chi connectivity index (χ3v) is 3.90. The number of benzene rings is 1. The van der Waals surface area contributed by atoms with Gasteiger partial charge in [0.05, 0.1) is 6.61 Å². The SMILES string of the molecule is CCCOc1ccc(C(=O)CCN2CCN(C)CC2)cc1. The van der Waals surface area contributed by atoms with Gasteiger partial charge in [0.15, 0.2) is 5.78 Å². The average molecular weight is 290 g/mol. The second-order valence-electron chi connectivity index (χ2n) is 5.69. The molecule has 0 amide bonds. The minimum atomic E-state index is 0.218. The molecule has 0 aliphatic carbocycles. The van der Waals surface area contributed by atoms with E-state index in [1.54, 1.807) is 0 Å². The number of piperazine rings is 1. The van der Waals surface area contributed by atoms with E-state index < -0.39 is 0 Å². The summed E-state index contributed by atoms with van der Waals surface area (Å²) in [7, 11) is 2.14. The highest BCUT2D eigenvalue weighted by Crippen LogP contribution is 2.14. The Labute approximate surface area is 127 Å². The smallest absolute Gasteiger partial charge is 0.164 e. The third kappa shape index (κ3) is 5.14. The van der Waals surface area contributed by atoms with E-state index in [2.05, 4.69) is 23.8 Å². The number of carbonyl (C=O) groups excluding carboxylic acids is 1. The van der Waals surface area contributed by atoms with Crippen molar-refractivity contribution >= 4 is 5.78 Å². The van der Waals surface area contributed by atoms with Crippen LogP contribution in [0.1, 0.15) is 30.1 Å². The van der Waals surface area contributed by atoms with Crippen LogP contribution >= 0.6 is 0 Å². The van der Waals surface area contributed by atoms with Crippen LogP contribution in [0.5, 0.6) is 5.75 Å². The number of rotatable bonds is 7. The molecule has 1 aromatic rings. The second kappa shape index (κ2) is 8.15. The molecule has 1 aromatic carbocycles. The maximum atomic E-state index is 12.2. The van der Waals surface area contributed by atoms with Gasteiger partial charge in [-0.05, 0) is 37.7 Å². The molecule has 0 spiro atoms. The first-order valence-electron chi connectivity index (χ1n) is 7.86. The van der Waals surface area contributed by atoms with Crippen molar-refractivity contribution in [3.05, 3.63) is 29.8 Å². The van der Waals surface area contributed by atoms with E-state index in [1.165, 1.54) is 0 Å². The van der Waals surface area contributed by atoms with E-state index in [4.69, 9.17) is 4.74 Å². The zero-order valence-electron chi connectivity index (χ0n) is 13.2. The van der Waals surface area contributed by atoms with Crippen molar-refractivity contribution < 1.29 is 9.53 Å². The predicted molar refractivity (Wildman–Crippen MR) is 85.1 cm³/mol. The largest absolute Gasteiger partial charge is 0.494 e. The highest BCUT2D eigenvalue weighted by atomic mass is 16.5. The molecular formula is C17H26N2O2. The standard InChI is InChI=1S/C17H26N2O2/c1-3-14-21-16-6-4-15(5-7-16)17(20)8-9-19-12-10-18(2)11-13-19/h4-7H,3,8-14H2,1-2H3. The van der Waals surface area contributed by atoms with E-state index in [-0.39, 0.29) is 5.78 Å². The molecule has 1 saturated heterocycles. The lowest BCUT2D eigenvalue weighted by molar-refractivity contribution is 0.0942. The van der Waals surface area contributed by atoms with Crippen LogP contribution in [0.4, 0.5) is 0 Å². The Kier molecular flexibility index (Phi) is 6.21. The minimum absolute atomic E-state index is 0.218. The van der Waals surface area contributed by atoms with E-state index in [9.17, 15) is 4.79 Å². The van der Waals surface area contributed by atoms with Crippen molar-refractivity contribution in [2.75, 3.05) is 46.4 Å². The van der Waals surface area contributed by atoms with Gasteiger partial charge in [0.2, 0.25) is 0 Å². The summed E-state index contributed by atoms with van der Waals surface area (Å²) >= 11 is 0. The summed E-state index contributed by atoms with van der Waals surface area (Å²) in [6.07, 6.45) is 1.59. The van der Waals surface area contributed by atoms with Gasteiger partial charge < -0.3 is 14.5 Å². The zero-order valence-corrected chi connectivity index (χ0v) is 13.2. The number of likely N-dealkylation sites (N-methyl/N-ethyl adjacent to an activating group) is 1. The highest BCUT2D eigenvalue weighted by molar-refractivity contribution is 5.96. The first-order valence-corrected chi connectivity index (χ1v) is 7.86. The topological polar surface area (TPSA) is 32.8 Å². The Morgan fingerprint density at radius 3 is 2.43 bits per heavy atom. The monoisotopic (exact) mass is 290 g/mol. The summed E-state index contributed by atoms with van der Waals surface area (Å²) in [6.45, 7) is 7.98. The molecule has 0 radical (unpaired) electrons. The number of Topliss-reactive ketones (excluding diaryl/α,β-unsaturated/α-hetero) is 1. The van der Waals surface area contributed by atoms with E-state index in [1.807, 2.05) is 24.3 Å². The quantitative estimate of drug-likeness (QED) is 0.721. The lowest BCUT2D eigenvalue weighted by atomic mass is 10.1. The van der Waals surface area contributed by atoms with Crippen LogP contribution in [0, 0.1) is 0 Å². The minimum Gasteiger partial charge on any atom is -0.494 e. The van der Waals surface area contributed by atoms with Crippen LogP contribution in [-0.2, 0) is 0 Å². The van der Waals surface area contributed by atoms with Crippen LogP contribution in [0.15, 0.2) is 24.3 Å². The number of hydrogen-bond acceptors (Lipinski definition) is 4. The molecule has 4 nitrogen and oxygen atoms in total. The van der Waals surface area contributed by atoms with Gasteiger partial charge >= 0.3 is 0 Å². The van der Waals surface area contributed by atoms with E-state index >= 15 is 0 Å². The fraction of sp³-hybridized carbons (Fsp3) is 0.588. The lowest BCUT2D eigenvalue weighted by Gasteiger charge is -2.32. The first kappa shape index (κ1) is 16.0. The molecular weight excluding hydrogens is 264 g/mol.